The van der Waals surface area contributed by atoms with E-state index in [-0.39, 0.29) is 11.8 Å². The van der Waals surface area contributed by atoms with Gasteiger partial charge in [-0.15, -0.1) is 11.3 Å². The maximum Gasteiger partial charge on any atom is 0.251 e. The SMILES string of the molecule is CC(=O)Nc1ccc(C(=O)NCc2ccc(Br)s2)cc1. The average Bonchev–Trinajstić information content (AvgIpc) is 2.82. The lowest BCUT2D eigenvalue weighted by molar-refractivity contribution is -0.114. The molecule has 0 aliphatic heterocycles. The summed E-state index contributed by atoms with van der Waals surface area (Å²) in [5.41, 5.74) is 1.24. The van der Waals surface area contributed by atoms with Crippen LogP contribution in [0.25, 0.3) is 0 Å². The molecule has 104 valence electrons. The monoisotopic (exact) mass is 352 g/mol. The van der Waals surface area contributed by atoms with Crippen LogP contribution in [0.3, 0.4) is 0 Å². The lowest BCUT2D eigenvalue weighted by atomic mass is 10.2. The molecular formula is C14H13BrN2O2S. The molecule has 2 rings (SSSR count). The van der Waals surface area contributed by atoms with Crippen LogP contribution in [-0.2, 0) is 11.3 Å². The molecule has 0 spiro atoms. The number of carbonyl (C=O) groups excluding carboxylic acids is 2. The fourth-order valence-electron chi connectivity index (χ4n) is 1.62. The molecule has 0 saturated carbocycles. The highest BCUT2D eigenvalue weighted by atomic mass is 79.9. The van der Waals surface area contributed by atoms with Gasteiger partial charge >= 0.3 is 0 Å². The molecule has 0 aliphatic carbocycles. The summed E-state index contributed by atoms with van der Waals surface area (Å²) in [5, 5.41) is 5.51. The maximum atomic E-state index is 12.0. The van der Waals surface area contributed by atoms with Gasteiger partial charge in [0.25, 0.3) is 5.91 Å². The van der Waals surface area contributed by atoms with Gasteiger partial charge in [-0.2, -0.15) is 0 Å². The fraction of sp³-hybridized carbons (Fsp3) is 0.143. The fourth-order valence-corrected chi connectivity index (χ4v) is 3.05. The zero-order valence-corrected chi connectivity index (χ0v) is 13.2. The van der Waals surface area contributed by atoms with Crippen LogP contribution < -0.4 is 10.6 Å². The molecule has 2 amide bonds. The van der Waals surface area contributed by atoms with Gasteiger partial charge in [-0.3, -0.25) is 9.59 Å². The lowest BCUT2D eigenvalue weighted by Crippen LogP contribution is -2.22. The third kappa shape index (κ3) is 4.18. The van der Waals surface area contributed by atoms with E-state index < -0.39 is 0 Å². The number of halogens is 1. The minimum atomic E-state index is -0.135. The van der Waals surface area contributed by atoms with Crippen LogP contribution in [0.1, 0.15) is 22.2 Å². The van der Waals surface area contributed by atoms with Crippen LogP contribution in [-0.4, -0.2) is 11.8 Å². The molecule has 1 aromatic carbocycles. The molecule has 20 heavy (non-hydrogen) atoms. The molecule has 1 heterocycles. The Morgan fingerprint density at radius 2 is 1.85 bits per heavy atom. The van der Waals surface area contributed by atoms with Crippen LogP contribution in [0.2, 0.25) is 0 Å². The summed E-state index contributed by atoms with van der Waals surface area (Å²) in [5.74, 6) is -0.269. The predicted octanol–water partition coefficient (Wildman–Crippen LogP) is 3.40. The van der Waals surface area contributed by atoms with Gasteiger partial charge in [0.05, 0.1) is 10.3 Å². The molecule has 2 N–H and O–H groups in total. The third-order valence-electron chi connectivity index (χ3n) is 2.52. The van der Waals surface area contributed by atoms with Crippen molar-refractivity contribution in [1.82, 2.24) is 5.32 Å². The second kappa shape index (κ2) is 6.67. The zero-order chi connectivity index (χ0) is 14.5. The standard InChI is InChI=1S/C14H13BrN2O2S/c1-9(18)17-11-4-2-10(3-5-11)14(19)16-8-12-6-7-13(15)20-12/h2-7H,8H2,1H3,(H,16,19)(H,17,18). The van der Waals surface area contributed by atoms with Crippen LogP contribution >= 0.6 is 27.3 Å². The first-order chi connectivity index (χ1) is 9.54. The Kier molecular flexibility index (Phi) is 4.92. The number of anilines is 1. The van der Waals surface area contributed by atoms with E-state index in [1.54, 1.807) is 35.6 Å². The molecule has 6 heteroatoms. The summed E-state index contributed by atoms with van der Waals surface area (Å²) in [6.07, 6.45) is 0. The minimum Gasteiger partial charge on any atom is -0.347 e. The van der Waals surface area contributed by atoms with Crippen molar-refractivity contribution in [3.8, 4) is 0 Å². The Morgan fingerprint density at radius 1 is 1.15 bits per heavy atom. The Morgan fingerprint density at radius 3 is 2.40 bits per heavy atom. The van der Waals surface area contributed by atoms with E-state index in [0.717, 1.165) is 8.66 Å². The second-order valence-electron chi connectivity index (χ2n) is 4.15. The van der Waals surface area contributed by atoms with E-state index in [1.165, 1.54) is 6.92 Å². The van der Waals surface area contributed by atoms with Gasteiger partial charge in [0.2, 0.25) is 5.91 Å². The normalized spacial score (nSPS) is 10.1. The van der Waals surface area contributed by atoms with E-state index in [4.69, 9.17) is 0 Å². The van der Waals surface area contributed by atoms with Crippen LogP contribution in [0, 0.1) is 0 Å². The number of nitrogens with one attached hydrogen (secondary N) is 2. The minimum absolute atomic E-state index is 0.134. The Hall–Kier alpha value is -1.66. The van der Waals surface area contributed by atoms with Crippen LogP contribution in [0.4, 0.5) is 5.69 Å². The van der Waals surface area contributed by atoms with E-state index in [0.29, 0.717) is 17.8 Å². The predicted molar refractivity (Wildman–Crippen MR) is 83.9 cm³/mol. The highest BCUT2D eigenvalue weighted by Crippen LogP contribution is 2.21. The van der Waals surface area contributed by atoms with Crippen LogP contribution in [0.15, 0.2) is 40.2 Å². The first kappa shape index (κ1) is 14.7. The van der Waals surface area contributed by atoms with Crippen molar-refractivity contribution in [2.45, 2.75) is 13.5 Å². The summed E-state index contributed by atoms with van der Waals surface area (Å²) in [7, 11) is 0. The number of hydrogen-bond acceptors (Lipinski definition) is 3. The van der Waals surface area contributed by atoms with Crippen molar-refractivity contribution in [1.29, 1.82) is 0 Å². The summed E-state index contributed by atoms with van der Waals surface area (Å²) in [6, 6.07) is 10.7. The topological polar surface area (TPSA) is 58.2 Å². The molecule has 0 fully saturated rings. The van der Waals surface area contributed by atoms with Gasteiger partial charge in [0, 0.05) is 23.1 Å². The summed E-state index contributed by atoms with van der Waals surface area (Å²) >= 11 is 4.97. The molecule has 0 bridgehead atoms. The number of carbonyl (C=O) groups is 2. The van der Waals surface area contributed by atoms with Crippen molar-refractivity contribution in [2.75, 3.05) is 5.32 Å². The molecule has 0 aliphatic rings. The zero-order valence-electron chi connectivity index (χ0n) is 10.8. The number of thiophene rings is 1. The largest absolute Gasteiger partial charge is 0.347 e. The van der Waals surface area contributed by atoms with Gasteiger partial charge in [-0.1, -0.05) is 0 Å². The smallest absolute Gasteiger partial charge is 0.251 e. The number of rotatable bonds is 4. The Labute approximate surface area is 129 Å². The Bertz CT molecular complexity index is 622. The van der Waals surface area contributed by atoms with Crippen molar-refractivity contribution in [3.05, 3.63) is 50.6 Å². The van der Waals surface area contributed by atoms with Gasteiger partial charge in [-0.25, -0.2) is 0 Å². The van der Waals surface area contributed by atoms with Crippen molar-refractivity contribution in [2.24, 2.45) is 0 Å². The number of hydrogen-bond donors (Lipinski definition) is 2. The molecular weight excluding hydrogens is 340 g/mol. The van der Waals surface area contributed by atoms with Gasteiger partial charge in [0.1, 0.15) is 0 Å². The van der Waals surface area contributed by atoms with Crippen LogP contribution in [0.5, 0.6) is 0 Å². The average molecular weight is 353 g/mol. The molecule has 2 aromatic rings. The number of benzene rings is 1. The third-order valence-corrected chi connectivity index (χ3v) is 4.14. The van der Waals surface area contributed by atoms with Crippen molar-refractivity contribution < 1.29 is 9.59 Å². The Balaban J connectivity index is 1.93. The maximum absolute atomic E-state index is 12.0. The quantitative estimate of drug-likeness (QED) is 0.885. The first-order valence-corrected chi connectivity index (χ1v) is 7.55. The highest BCUT2D eigenvalue weighted by molar-refractivity contribution is 9.11. The molecule has 4 nitrogen and oxygen atoms in total. The van der Waals surface area contributed by atoms with E-state index in [2.05, 4.69) is 26.6 Å². The summed E-state index contributed by atoms with van der Waals surface area (Å²) in [4.78, 5) is 23.9. The lowest BCUT2D eigenvalue weighted by Gasteiger charge is -2.05. The summed E-state index contributed by atoms with van der Waals surface area (Å²) < 4.78 is 1.04. The van der Waals surface area contributed by atoms with E-state index in [9.17, 15) is 9.59 Å². The molecule has 0 atom stereocenters. The summed E-state index contributed by atoms with van der Waals surface area (Å²) in [6.45, 7) is 1.95. The van der Waals surface area contributed by atoms with Crippen molar-refractivity contribution in [3.63, 3.8) is 0 Å². The highest BCUT2D eigenvalue weighted by Gasteiger charge is 2.06. The number of amides is 2. The molecule has 0 unspecified atom stereocenters. The second-order valence-corrected chi connectivity index (χ2v) is 6.69. The van der Waals surface area contributed by atoms with E-state index >= 15 is 0 Å². The molecule has 0 radical (unpaired) electrons. The van der Waals surface area contributed by atoms with Gasteiger partial charge < -0.3 is 10.6 Å². The van der Waals surface area contributed by atoms with Crippen molar-refractivity contribution >= 4 is 44.8 Å². The van der Waals surface area contributed by atoms with Gasteiger partial charge in [0.15, 0.2) is 0 Å². The first-order valence-electron chi connectivity index (χ1n) is 5.94. The molecule has 1 aromatic heterocycles. The van der Waals surface area contributed by atoms with E-state index in [1.807, 2.05) is 12.1 Å². The van der Waals surface area contributed by atoms with Gasteiger partial charge in [-0.05, 0) is 52.3 Å². The molecule has 0 saturated heterocycles.